The molecule has 3 atom stereocenters. The van der Waals surface area contributed by atoms with E-state index in [1.54, 1.807) is 0 Å². The van der Waals surface area contributed by atoms with Crippen LogP contribution in [0.1, 0.15) is 83.8 Å². The number of aliphatic hydroxyl groups excluding tert-OH is 1. The van der Waals surface area contributed by atoms with Gasteiger partial charge in [0.2, 0.25) is 0 Å². The molecular formula is C20H36ClNO. The van der Waals surface area contributed by atoms with Gasteiger partial charge < -0.3 is 10.4 Å². The number of hydrogen-bond donors (Lipinski definition) is 2. The van der Waals surface area contributed by atoms with E-state index in [1.165, 1.54) is 51.4 Å². The van der Waals surface area contributed by atoms with Crippen molar-refractivity contribution >= 4 is 12.4 Å². The lowest BCUT2D eigenvalue weighted by Gasteiger charge is -2.24. The van der Waals surface area contributed by atoms with Crippen LogP contribution in [-0.4, -0.2) is 17.2 Å². The molecule has 0 fully saturated rings. The maximum Gasteiger partial charge on any atom is 0.0940 e. The van der Waals surface area contributed by atoms with Crippen LogP contribution in [0, 0.1) is 0 Å². The Balaban J connectivity index is 0.00000484. The van der Waals surface area contributed by atoms with Gasteiger partial charge in [0.05, 0.1) is 6.10 Å². The molecule has 0 radical (unpaired) electrons. The van der Waals surface area contributed by atoms with Crippen LogP contribution in [0.2, 0.25) is 0 Å². The fourth-order valence-corrected chi connectivity index (χ4v) is 2.97. The van der Waals surface area contributed by atoms with Gasteiger partial charge in [-0.15, -0.1) is 12.4 Å². The molecule has 1 aromatic carbocycles. The Morgan fingerprint density at radius 3 is 2.09 bits per heavy atom. The molecule has 2 nitrogen and oxygen atoms in total. The second-order valence-corrected chi connectivity index (χ2v) is 6.62. The van der Waals surface area contributed by atoms with Gasteiger partial charge in [-0.1, -0.05) is 82.2 Å². The minimum atomic E-state index is -0.433. The molecule has 1 aromatic rings. The van der Waals surface area contributed by atoms with E-state index in [0.29, 0.717) is 6.04 Å². The average molecular weight is 342 g/mol. The van der Waals surface area contributed by atoms with Crippen molar-refractivity contribution in [3.05, 3.63) is 35.9 Å². The minimum absolute atomic E-state index is 0. The summed E-state index contributed by atoms with van der Waals surface area (Å²) in [7, 11) is 0. The highest BCUT2D eigenvalue weighted by molar-refractivity contribution is 5.85. The first-order valence-corrected chi connectivity index (χ1v) is 9.14. The zero-order valence-corrected chi connectivity index (χ0v) is 15.9. The lowest BCUT2D eigenvalue weighted by atomic mass is 10.0. The molecule has 0 bridgehead atoms. The summed E-state index contributed by atoms with van der Waals surface area (Å²) >= 11 is 0. The van der Waals surface area contributed by atoms with Crippen LogP contribution in [0.25, 0.3) is 0 Å². The minimum Gasteiger partial charge on any atom is -0.387 e. The molecule has 23 heavy (non-hydrogen) atoms. The third kappa shape index (κ3) is 10.0. The van der Waals surface area contributed by atoms with Crippen LogP contribution >= 0.6 is 12.4 Å². The summed E-state index contributed by atoms with van der Waals surface area (Å²) in [6.07, 6.45) is 10.2. The highest BCUT2D eigenvalue weighted by Crippen LogP contribution is 2.17. The summed E-state index contributed by atoms with van der Waals surface area (Å²) < 4.78 is 0. The maximum absolute atomic E-state index is 10.4. The lowest BCUT2D eigenvalue weighted by Crippen LogP contribution is -2.38. The van der Waals surface area contributed by atoms with Gasteiger partial charge in [-0.25, -0.2) is 0 Å². The molecule has 134 valence electrons. The van der Waals surface area contributed by atoms with E-state index < -0.39 is 6.10 Å². The number of unbranched alkanes of at least 4 members (excludes halogenated alkanes) is 6. The van der Waals surface area contributed by atoms with Crippen LogP contribution in [0.15, 0.2) is 30.3 Å². The van der Waals surface area contributed by atoms with E-state index in [-0.39, 0.29) is 18.4 Å². The summed E-state index contributed by atoms with van der Waals surface area (Å²) in [6, 6.07) is 10.5. The number of halogens is 1. The molecular weight excluding hydrogens is 306 g/mol. The number of rotatable bonds is 12. The summed E-state index contributed by atoms with van der Waals surface area (Å²) in [4.78, 5) is 0. The fraction of sp³-hybridized carbons (Fsp3) is 0.700. The van der Waals surface area contributed by atoms with Crippen molar-refractivity contribution in [2.75, 3.05) is 0 Å². The highest BCUT2D eigenvalue weighted by atomic mass is 35.5. The van der Waals surface area contributed by atoms with E-state index in [0.717, 1.165) is 5.56 Å². The van der Waals surface area contributed by atoms with Gasteiger partial charge in [-0.2, -0.15) is 0 Å². The standard InChI is InChI=1S/C20H35NO.ClH/c1-4-5-6-7-8-9-11-14-17(2)21-18(3)20(22)19-15-12-10-13-16-19;/h10,12-13,15-18,20-22H,4-9,11,14H2,1-3H3;1H. The topological polar surface area (TPSA) is 32.3 Å². The quantitative estimate of drug-likeness (QED) is 0.481. The Kier molecular flexibility index (Phi) is 13.5. The number of hydrogen-bond acceptors (Lipinski definition) is 2. The summed E-state index contributed by atoms with van der Waals surface area (Å²) in [6.45, 7) is 6.56. The largest absolute Gasteiger partial charge is 0.387 e. The first kappa shape index (κ1) is 22.4. The van der Waals surface area contributed by atoms with Gasteiger partial charge in [-0.3, -0.25) is 0 Å². The summed E-state index contributed by atoms with van der Waals surface area (Å²) in [5.74, 6) is 0. The molecule has 0 aliphatic rings. The number of aliphatic hydroxyl groups is 1. The van der Waals surface area contributed by atoms with Crippen molar-refractivity contribution < 1.29 is 5.11 Å². The van der Waals surface area contributed by atoms with Gasteiger partial charge in [0.1, 0.15) is 0 Å². The summed E-state index contributed by atoms with van der Waals surface area (Å²) in [5, 5.41) is 13.9. The van der Waals surface area contributed by atoms with E-state index >= 15 is 0 Å². The molecule has 0 aliphatic heterocycles. The fourth-order valence-electron chi connectivity index (χ4n) is 2.97. The molecule has 0 amide bonds. The van der Waals surface area contributed by atoms with Gasteiger partial charge >= 0.3 is 0 Å². The van der Waals surface area contributed by atoms with Crippen LogP contribution in [0.4, 0.5) is 0 Å². The van der Waals surface area contributed by atoms with Crippen molar-refractivity contribution in [1.29, 1.82) is 0 Å². The van der Waals surface area contributed by atoms with E-state index in [1.807, 2.05) is 30.3 Å². The Hall–Kier alpha value is -0.570. The van der Waals surface area contributed by atoms with E-state index in [2.05, 4.69) is 26.1 Å². The molecule has 0 aromatic heterocycles. The van der Waals surface area contributed by atoms with Gasteiger partial charge in [0, 0.05) is 12.1 Å². The van der Waals surface area contributed by atoms with Crippen LogP contribution in [-0.2, 0) is 0 Å². The predicted molar refractivity (Wildman–Crippen MR) is 103 cm³/mol. The lowest BCUT2D eigenvalue weighted by molar-refractivity contribution is 0.129. The Morgan fingerprint density at radius 1 is 0.913 bits per heavy atom. The zero-order chi connectivity index (χ0) is 16.2. The molecule has 2 N–H and O–H groups in total. The maximum atomic E-state index is 10.4. The molecule has 3 heteroatoms. The molecule has 3 unspecified atom stereocenters. The van der Waals surface area contributed by atoms with Gasteiger partial charge in [0.15, 0.2) is 0 Å². The van der Waals surface area contributed by atoms with Crippen molar-refractivity contribution in [3.8, 4) is 0 Å². The first-order chi connectivity index (χ1) is 10.6. The molecule has 0 saturated heterocycles. The van der Waals surface area contributed by atoms with Crippen LogP contribution in [0.3, 0.4) is 0 Å². The third-order valence-electron chi connectivity index (χ3n) is 4.40. The smallest absolute Gasteiger partial charge is 0.0940 e. The van der Waals surface area contributed by atoms with Gasteiger partial charge in [-0.05, 0) is 25.8 Å². The van der Waals surface area contributed by atoms with E-state index in [9.17, 15) is 5.11 Å². The Labute approximate surface area is 149 Å². The monoisotopic (exact) mass is 341 g/mol. The molecule has 0 heterocycles. The van der Waals surface area contributed by atoms with Crippen molar-refractivity contribution in [2.45, 2.75) is 90.3 Å². The Bertz CT molecular complexity index is 371. The number of nitrogens with one attached hydrogen (secondary N) is 1. The molecule has 0 aliphatic carbocycles. The van der Waals surface area contributed by atoms with Gasteiger partial charge in [0.25, 0.3) is 0 Å². The SMILES string of the molecule is CCCCCCCCCC(C)NC(C)C(O)c1ccccc1.Cl. The van der Waals surface area contributed by atoms with E-state index in [4.69, 9.17) is 0 Å². The molecule has 0 saturated carbocycles. The van der Waals surface area contributed by atoms with Crippen LogP contribution < -0.4 is 5.32 Å². The second-order valence-electron chi connectivity index (χ2n) is 6.62. The average Bonchev–Trinajstić information content (AvgIpc) is 2.54. The highest BCUT2D eigenvalue weighted by Gasteiger charge is 2.17. The Morgan fingerprint density at radius 2 is 1.48 bits per heavy atom. The number of benzene rings is 1. The first-order valence-electron chi connectivity index (χ1n) is 9.14. The van der Waals surface area contributed by atoms with Crippen LogP contribution in [0.5, 0.6) is 0 Å². The zero-order valence-electron chi connectivity index (χ0n) is 15.1. The van der Waals surface area contributed by atoms with Crippen molar-refractivity contribution in [2.24, 2.45) is 0 Å². The molecule has 0 spiro atoms. The van der Waals surface area contributed by atoms with Crippen molar-refractivity contribution in [1.82, 2.24) is 5.32 Å². The third-order valence-corrected chi connectivity index (χ3v) is 4.40. The summed E-state index contributed by atoms with van der Waals surface area (Å²) in [5.41, 5.74) is 0.991. The van der Waals surface area contributed by atoms with Crippen molar-refractivity contribution in [3.63, 3.8) is 0 Å². The predicted octanol–water partition coefficient (Wildman–Crippen LogP) is 5.65. The normalized spacial score (nSPS) is 14.8. The molecule has 1 rings (SSSR count). The second kappa shape index (κ2) is 13.8.